The molecule has 1 aromatic carbocycles. The summed E-state index contributed by atoms with van der Waals surface area (Å²) in [4.78, 5) is 3.99. The van der Waals surface area contributed by atoms with Crippen LogP contribution < -0.4 is 5.73 Å². The van der Waals surface area contributed by atoms with Crippen molar-refractivity contribution in [2.24, 2.45) is 11.7 Å². The third kappa shape index (κ3) is 4.51. The van der Waals surface area contributed by atoms with Crippen molar-refractivity contribution in [3.05, 3.63) is 29.8 Å². The SMILES string of the molecule is Cc1ccc(SCCN2CC(CN)CCC2C)cc1. The molecular formula is C16H26N2S. The molecule has 19 heavy (non-hydrogen) atoms. The predicted octanol–water partition coefficient (Wildman–Crippen LogP) is 3.15. The normalized spacial score (nSPS) is 24.6. The summed E-state index contributed by atoms with van der Waals surface area (Å²) in [6.07, 6.45) is 2.61. The number of hydrogen-bond donors (Lipinski definition) is 1. The molecule has 106 valence electrons. The molecule has 3 heteroatoms. The maximum absolute atomic E-state index is 5.81. The van der Waals surface area contributed by atoms with Crippen LogP contribution in [0.15, 0.2) is 29.2 Å². The summed E-state index contributed by atoms with van der Waals surface area (Å²) in [6, 6.07) is 9.55. The number of piperidine rings is 1. The fourth-order valence-electron chi connectivity index (χ4n) is 2.68. The van der Waals surface area contributed by atoms with Crippen LogP contribution in [0.1, 0.15) is 25.3 Å². The molecule has 0 aromatic heterocycles. The van der Waals surface area contributed by atoms with Gasteiger partial charge < -0.3 is 5.73 Å². The Balaban J connectivity index is 1.76. The first kappa shape index (κ1) is 14.9. The van der Waals surface area contributed by atoms with Gasteiger partial charge in [0.1, 0.15) is 0 Å². The minimum atomic E-state index is 0.709. The van der Waals surface area contributed by atoms with Crippen LogP contribution in [-0.4, -0.2) is 36.3 Å². The molecular weight excluding hydrogens is 252 g/mol. The quantitative estimate of drug-likeness (QED) is 0.839. The van der Waals surface area contributed by atoms with Gasteiger partial charge in [-0.05, 0) is 51.3 Å². The van der Waals surface area contributed by atoms with Crippen molar-refractivity contribution in [3.8, 4) is 0 Å². The smallest absolute Gasteiger partial charge is 0.0108 e. The number of nitrogens with two attached hydrogens (primary N) is 1. The van der Waals surface area contributed by atoms with Crippen LogP contribution in [0.5, 0.6) is 0 Å². The van der Waals surface area contributed by atoms with Gasteiger partial charge in [-0.25, -0.2) is 0 Å². The number of rotatable bonds is 5. The zero-order chi connectivity index (χ0) is 13.7. The molecule has 1 saturated heterocycles. The van der Waals surface area contributed by atoms with E-state index in [1.165, 1.54) is 42.1 Å². The highest BCUT2D eigenvalue weighted by Gasteiger charge is 2.23. The average Bonchev–Trinajstić information content (AvgIpc) is 2.43. The topological polar surface area (TPSA) is 29.3 Å². The van der Waals surface area contributed by atoms with Crippen LogP contribution in [0.25, 0.3) is 0 Å². The van der Waals surface area contributed by atoms with Gasteiger partial charge in [-0.1, -0.05) is 17.7 Å². The third-order valence-corrected chi connectivity index (χ3v) is 5.10. The van der Waals surface area contributed by atoms with Gasteiger partial charge in [-0.2, -0.15) is 0 Å². The summed E-state index contributed by atoms with van der Waals surface area (Å²) in [5.41, 5.74) is 7.15. The second-order valence-electron chi connectivity index (χ2n) is 5.68. The van der Waals surface area contributed by atoms with E-state index in [-0.39, 0.29) is 0 Å². The van der Waals surface area contributed by atoms with Gasteiger partial charge in [-0.3, -0.25) is 4.90 Å². The van der Waals surface area contributed by atoms with Crippen molar-refractivity contribution < 1.29 is 0 Å². The van der Waals surface area contributed by atoms with Crippen molar-refractivity contribution in [2.75, 3.05) is 25.4 Å². The van der Waals surface area contributed by atoms with Gasteiger partial charge in [0.25, 0.3) is 0 Å². The maximum atomic E-state index is 5.81. The Morgan fingerprint density at radius 3 is 2.68 bits per heavy atom. The average molecular weight is 278 g/mol. The van der Waals surface area contributed by atoms with E-state index in [9.17, 15) is 0 Å². The molecule has 2 rings (SSSR count). The minimum absolute atomic E-state index is 0.709. The minimum Gasteiger partial charge on any atom is -0.330 e. The van der Waals surface area contributed by atoms with E-state index in [2.05, 4.69) is 43.0 Å². The van der Waals surface area contributed by atoms with Gasteiger partial charge >= 0.3 is 0 Å². The summed E-state index contributed by atoms with van der Waals surface area (Å²) >= 11 is 1.96. The fourth-order valence-corrected chi connectivity index (χ4v) is 3.57. The molecule has 2 atom stereocenters. The molecule has 0 radical (unpaired) electrons. The summed E-state index contributed by atoms with van der Waals surface area (Å²) in [5, 5.41) is 0. The van der Waals surface area contributed by atoms with Crippen LogP contribution in [0, 0.1) is 12.8 Å². The molecule has 1 heterocycles. The van der Waals surface area contributed by atoms with E-state index in [1.54, 1.807) is 0 Å². The van der Waals surface area contributed by atoms with Crippen LogP contribution in [0.2, 0.25) is 0 Å². The summed E-state index contributed by atoms with van der Waals surface area (Å²) in [6.45, 7) is 7.69. The predicted molar refractivity (Wildman–Crippen MR) is 84.7 cm³/mol. The van der Waals surface area contributed by atoms with Crippen LogP contribution in [0.3, 0.4) is 0 Å². The van der Waals surface area contributed by atoms with E-state index in [0.29, 0.717) is 5.92 Å². The first-order valence-electron chi connectivity index (χ1n) is 7.32. The van der Waals surface area contributed by atoms with Crippen molar-refractivity contribution in [1.82, 2.24) is 4.90 Å². The lowest BCUT2D eigenvalue weighted by molar-refractivity contribution is 0.129. The Kier molecular flexibility index (Phi) is 5.74. The van der Waals surface area contributed by atoms with E-state index in [4.69, 9.17) is 5.73 Å². The number of aryl methyl sites for hydroxylation is 1. The number of likely N-dealkylation sites (tertiary alicyclic amines) is 1. The Morgan fingerprint density at radius 1 is 1.26 bits per heavy atom. The highest BCUT2D eigenvalue weighted by Crippen LogP contribution is 2.23. The second-order valence-corrected chi connectivity index (χ2v) is 6.85. The number of benzene rings is 1. The van der Waals surface area contributed by atoms with Crippen LogP contribution in [0.4, 0.5) is 0 Å². The van der Waals surface area contributed by atoms with Crippen molar-refractivity contribution in [2.45, 2.75) is 37.6 Å². The van der Waals surface area contributed by atoms with Crippen LogP contribution in [-0.2, 0) is 0 Å². The summed E-state index contributed by atoms with van der Waals surface area (Å²) in [5.74, 6) is 1.88. The zero-order valence-corrected chi connectivity index (χ0v) is 13.0. The lowest BCUT2D eigenvalue weighted by Gasteiger charge is -2.37. The largest absolute Gasteiger partial charge is 0.330 e. The molecule has 0 bridgehead atoms. The van der Waals surface area contributed by atoms with Gasteiger partial charge in [0, 0.05) is 29.8 Å². The van der Waals surface area contributed by atoms with Crippen molar-refractivity contribution in [1.29, 1.82) is 0 Å². The molecule has 0 aliphatic carbocycles. The molecule has 0 saturated carbocycles. The lowest BCUT2D eigenvalue weighted by atomic mass is 9.94. The van der Waals surface area contributed by atoms with Gasteiger partial charge in [0.05, 0.1) is 0 Å². The molecule has 2 N–H and O–H groups in total. The molecule has 1 aromatic rings. The molecule has 1 fully saturated rings. The highest BCUT2D eigenvalue weighted by atomic mass is 32.2. The van der Waals surface area contributed by atoms with Gasteiger partial charge in [0.15, 0.2) is 0 Å². The lowest BCUT2D eigenvalue weighted by Crippen LogP contribution is -2.44. The second kappa shape index (κ2) is 7.32. The van der Waals surface area contributed by atoms with E-state index in [1.807, 2.05) is 11.8 Å². The Labute approximate surface area is 121 Å². The third-order valence-electron chi connectivity index (χ3n) is 4.11. The molecule has 0 spiro atoms. The Hall–Kier alpha value is -0.510. The first-order valence-corrected chi connectivity index (χ1v) is 8.31. The number of nitrogens with zero attached hydrogens (tertiary/aromatic N) is 1. The number of hydrogen-bond acceptors (Lipinski definition) is 3. The first-order chi connectivity index (χ1) is 9.19. The van der Waals surface area contributed by atoms with Gasteiger partial charge in [-0.15, -0.1) is 11.8 Å². The summed E-state index contributed by atoms with van der Waals surface area (Å²) < 4.78 is 0. The molecule has 1 aliphatic heterocycles. The van der Waals surface area contributed by atoms with E-state index < -0.39 is 0 Å². The van der Waals surface area contributed by atoms with Crippen molar-refractivity contribution >= 4 is 11.8 Å². The molecule has 1 aliphatic rings. The standard InChI is InChI=1S/C16H26N2S/c1-13-3-7-16(8-4-13)19-10-9-18-12-15(11-17)6-5-14(18)2/h3-4,7-8,14-15H,5-6,9-12,17H2,1-2H3. The molecule has 2 unspecified atom stereocenters. The highest BCUT2D eigenvalue weighted by molar-refractivity contribution is 7.99. The van der Waals surface area contributed by atoms with Gasteiger partial charge in [0.2, 0.25) is 0 Å². The van der Waals surface area contributed by atoms with E-state index in [0.717, 1.165) is 12.6 Å². The van der Waals surface area contributed by atoms with Crippen LogP contribution >= 0.6 is 11.8 Å². The van der Waals surface area contributed by atoms with Crippen molar-refractivity contribution in [3.63, 3.8) is 0 Å². The summed E-state index contributed by atoms with van der Waals surface area (Å²) in [7, 11) is 0. The van der Waals surface area contributed by atoms with E-state index >= 15 is 0 Å². The maximum Gasteiger partial charge on any atom is 0.0108 e. The fraction of sp³-hybridized carbons (Fsp3) is 0.625. The number of thioether (sulfide) groups is 1. The molecule has 2 nitrogen and oxygen atoms in total. The monoisotopic (exact) mass is 278 g/mol. The Bertz CT molecular complexity index is 377. The molecule has 0 amide bonds. The zero-order valence-electron chi connectivity index (χ0n) is 12.1. The Morgan fingerprint density at radius 2 is 2.00 bits per heavy atom.